The maximum atomic E-state index is 11.6. The summed E-state index contributed by atoms with van der Waals surface area (Å²) in [6.45, 7) is -0.178. The van der Waals surface area contributed by atoms with E-state index >= 15 is 0 Å². The Labute approximate surface area is 142 Å². The molecule has 0 aliphatic carbocycles. The van der Waals surface area contributed by atoms with Crippen molar-refractivity contribution in [3.8, 4) is 5.75 Å². The van der Waals surface area contributed by atoms with Gasteiger partial charge in [0.2, 0.25) is 0 Å². The lowest BCUT2D eigenvalue weighted by molar-refractivity contribution is -0.145. The van der Waals surface area contributed by atoms with E-state index in [0.717, 1.165) is 10.0 Å². The van der Waals surface area contributed by atoms with Gasteiger partial charge in [0, 0.05) is 4.47 Å². The van der Waals surface area contributed by atoms with Gasteiger partial charge in [-0.2, -0.15) is 0 Å². The monoisotopic (exact) mass is 377 g/mol. The third kappa shape index (κ3) is 6.52. The molecule has 0 saturated carbocycles. The van der Waals surface area contributed by atoms with Crippen molar-refractivity contribution in [2.45, 2.75) is 6.61 Å². The van der Waals surface area contributed by atoms with Crippen molar-refractivity contribution in [2.75, 3.05) is 13.2 Å². The molecule has 0 heterocycles. The van der Waals surface area contributed by atoms with Crippen molar-refractivity contribution < 1.29 is 19.1 Å². The Bertz CT molecular complexity index is 661. The molecule has 0 aliphatic rings. The van der Waals surface area contributed by atoms with E-state index in [9.17, 15) is 9.59 Å². The van der Waals surface area contributed by atoms with Crippen LogP contribution in [-0.4, -0.2) is 25.0 Å². The van der Waals surface area contributed by atoms with E-state index in [1.54, 1.807) is 12.1 Å². The molecule has 0 radical (unpaired) electrons. The quantitative estimate of drug-likeness (QED) is 0.753. The fraction of sp³-hybridized carbons (Fsp3) is 0.176. The molecule has 1 N–H and O–H groups in total. The molecule has 23 heavy (non-hydrogen) atoms. The molecule has 0 bridgehead atoms. The number of carbonyl (C=O) groups excluding carboxylic acids is 2. The molecule has 2 aromatic rings. The van der Waals surface area contributed by atoms with Gasteiger partial charge in [-0.1, -0.05) is 46.3 Å². The molecule has 0 aliphatic heterocycles. The number of halogens is 1. The Kier molecular flexibility index (Phi) is 6.62. The van der Waals surface area contributed by atoms with Gasteiger partial charge in [-0.25, -0.2) is 0 Å². The maximum absolute atomic E-state index is 11.6. The van der Waals surface area contributed by atoms with E-state index < -0.39 is 5.97 Å². The molecule has 0 aromatic heterocycles. The fourth-order valence-electron chi connectivity index (χ4n) is 1.73. The summed E-state index contributed by atoms with van der Waals surface area (Å²) in [6.07, 6.45) is 0. The highest BCUT2D eigenvalue weighted by Crippen LogP contribution is 2.12. The molecular weight excluding hydrogens is 362 g/mol. The molecule has 2 rings (SSSR count). The van der Waals surface area contributed by atoms with Crippen molar-refractivity contribution >= 4 is 27.8 Å². The van der Waals surface area contributed by atoms with Crippen LogP contribution >= 0.6 is 15.9 Å². The minimum atomic E-state index is -0.502. The highest BCUT2D eigenvalue weighted by Gasteiger charge is 2.08. The fourth-order valence-corrected chi connectivity index (χ4v) is 2.18. The second-order valence-corrected chi connectivity index (χ2v) is 5.58. The van der Waals surface area contributed by atoms with Crippen LogP contribution in [0, 0.1) is 0 Å². The summed E-state index contributed by atoms with van der Waals surface area (Å²) >= 11 is 3.34. The van der Waals surface area contributed by atoms with Crippen molar-refractivity contribution in [1.82, 2.24) is 5.32 Å². The highest BCUT2D eigenvalue weighted by atomic mass is 79.9. The third-order valence-electron chi connectivity index (χ3n) is 2.83. The summed E-state index contributed by atoms with van der Waals surface area (Å²) in [5.74, 6) is -0.286. The largest absolute Gasteiger partial charge is 0.484 e. The van der Waals surface area contributed by atoms with Gasteiger partial charge in [0.1, 0.15) is 18.9 Å². The minimum Gasteiger partial charge on any atom is -0.484 e. The Balaban J connectivity index is 1.64. The second kappa shape index (κ2) is 8.95. The number of ether oxygens (including phenoxy) is 2. The topological polar surface area (TPSA) is 64.6 Å². The van der Waals surface area contributed by atoms with Crippen LogP contribution in [0.4, 0.5) is 0 Å². The van der Waals surface area contributed by atoms with E-state index in [2.05, 4.69) is 21.2 Å². The van der Waals surface area contributed by atoms with Crippen LogP contribution in [0.2, 0.25) is 0 Å². The molecule has 1 amide bonds. The first-order valence-corrected chi connectivity index (χ1v) is 7.77. The number of esters is 1. The predicted octanol–water partition coefficient (Wildman–Crippen LogP) is 2.69. The SMILES string of the molecule is O=C(COc1ccccc1)NCC(=O)OCc1cccc(Br)c1. The van der Waals surface area contributed by atoms with Crippen LogP contribution in [0.1, 0.15) is 5.56 Å². The normalized spacial score (nSPS) is 9.96. The van der Waals surface area contributed by atoms with Gasteiger partial charge in [0.15, 0.2) is 6.61 Å². The summed E-state index contributed by atoms with van der Waals surface area (Å²) in [5, 5.41) is 2.45. The third-order valence-corrected chi connectivity index (χ3v) is 3.33. The Morgan fingerprint density at radius 3 is 2.57 bits per heavy atom. The summed E-state index contributed by atoms with van der Waals surface area (Å²) in [7, 11) is 0. The molecule has 0 spiro atoms. The number of benzene rings is 2. The second-order valence-electron chi connectivity index (χ2n) is 4.67. The first kappa shape index (κ1) is 17.0. The van der Waals surface area contributed by atoms with Gasteiger partial charge in [-0.15, -0.1) is 0 Å². The first-order valence-electron chi connectivity index (χ1n) is 6.98. The molecule has 5 nitrogen and oxygen atoms in total. The number of hydrogen-bond acceptors (Lipinski definition) is 4. The number of carbonyl (C=O) groups is 2. The zero-order valence-corrected chi connectivity index (χ0v) is 13.9. The van der Waals surface area contributed by atoms with Crippen molar-refractivity contribution in [3.63, 3.8) is 0 Å². The zero-order valence-electron chi connectivity index (χ0n) is 12.3. The zero-order chi connectivity index (χ0) is 16.5. The van der Waals surface area contributed by atoms with Gasteiger partial charge < -0.3 is 14.8 Å². The Morgan fingerprint density at radius 1 is 1.04 bits per heavy atom. The van der Waals surface area contributed by atoms with Gasteiger partial charge in [-0.3, -0.25) is 9.59 Å². The summed E-state index contributed by atoms with van der Waals surface area (Å²) in [4.78, 5) is 23.2. The lowest BCUT2D eigenvalue weighted by Gasteiger charge is -2.08. The predicted molar refractivity (Wildman–Crippen MR) is 88.9 cm³/mol. The minimum absolute atomic E-state index is 0.150. The molecule has 6 heteroatoms. The van der Waals surface area contributed by atoms with Crippen LogP contribution in [0.5, 0.6) is 5.75 Å². The number of para-hydroxylation sites is 1. The van der Waals surface area contributed by atoms with E-state index in [4.69, 9.17) is 9.47 Å². The van der Waals surface area contributed by atoms with E-state index in [1.165, 1.54) is 0 Å². The number of nitrogens with one attached hydrogen (secondary N) is 1. The smallest absolute Gasteiger partial charge is 0.325 e. The van der Waals surface area contributed by atoms with Crippen molar-refractivity contribution in [1.29, 1.82) is 0 Å². The number of rotatable bonds is 7. The van der Waals surface area contributed by atoms with Crippen LogP contribution < -0.4 is 10.1 Å². The van der Waals surface area contributed by atoms with Crippen molar-refractivity contribution in [3.05, 3.63) is 64.6 Å². The summed E-state index contributed by atoms with van der Waals surface area (Å²) in [6, 6.07) is 16.4. The molecule has 0 saturated heterocycles. The Morgan fingerprint density at radius 2 is 1.83 bits per heavy atom. The first-order chi connectivity index (χ1) is 11.1. The highest BCUT2D eigenvalue weighted by molar-refractivity contribution is 9.10. The molecule has 0 atom stereocenters. The summed E-state index contributed by atoms with van der Waals surface area (Å²) in [5.41, 5.74) is 0.867. The number of hydrogen-bond donors (Lipinski definition) is 1. The molecule has 2 aromatic carbocycles. The van der Waals surface area contributed by atoms with Gasteiger partial charge in [-0.05, 0) is 29.8 Å². The molecule has 0 fully saturated rings. The molecule has 0 unspecified atom stereocenters. The van der Waals surface area contributed by atoms with Gasteiger partial charge in [0.25, 0.3) is 5.91 Å². The van der Waals surface area contributed by atoms with Crippen LogP contribution in [0.25, 0.3) is 0 Å². The van der Waals surface area contributed by atoms with Gasteiger partial charge in [0.05, 0.1) is 0 Å². The Hall–Kier alpha value is -2.34. The van der Waals surface area contributed by atoms with Crippen molar-refractivity contribution in [2.24, 2.45) is 0 Å². The van der Waals surface area contributed by atoms with Crippen LogP contribution in [0.15, 0.2) is 59.1 Å². The summed E-state index contributed by atoms with van der Waals surface area (Å²) < 4.78 is 11.3. The maximum Gasteiger partial charge on any atom is 0.325 e. The molecular formula is C17H16BrNO4. The van der Waals surface area contributed by atoms with Crippen LogP contribution in [0.3, 0.4) is 0 Å². The lowest BCUT2D eigenvalue weighted by Crippen LogP contribution is -2.34. The van der Waals surface area contributed by atoms with Gasteiger partial charge >= 0.3 is 5.97 Å². The average Bonchev–Trinajstić information content (AvgIpc) is 2.57. The standard InChI is InChI=1S/C17H16BrNO4/c18-14-6-4-5-13(9-14)11-23-17(21)10-19-16(20)12-22-15-7-2-1-3-8-15/h1-9H,10-12H2,(H,19,20). The lowest BCUT2D eigenvalue weighted by atomic mass is 10.2. The van der Waals surface area contributed by atoms with E-state index in [0.29, 0.717) is 5.75 Å². The number of amides is 1. The average molecular weight is 378 g/mol. The van der Waals surface area contributed by atoms with E-state index in [-0.39, 0.29) is 25.7 Å². The van der Waals surface area contributed by atoms with E-state index in [1.807, 2.05) is 42.5 Å². The van der Waals surface area contributed by atoms with Crippen LogP contribution in [-0.2, 0) is 20.9 Å². The molecule has 120 valence electrons.